The van der Waals surface area contributed by atoms with Crippen LogP contribution in [0.3, 0.4) is 0 Å². The Morgan fingerprint density at radius 3 is 3.00 bits per heavy atom. The van der Waals surface area contributed by atoms with Crippen LogP contribution in [0.15, 0.2) is 47.2 Å². The average molecular weight is 335 g/mol. The lowest BCUT2D eigenvalue weighted by Gasteiger charge is -2.11. The molecule has 2 rings (SSSR count). The molecule has 0 amide bonds. The summed E-state index contributed by atoms with van der Waals surface area (Å²) >= 11 is 3.47. The SMILES string of the molecule is CCCNCc1ccncc1OCc1cccc(Br)c1. The molecular formula is C16H19BrN2O. The van der Waals surface area contributed by atoms with E-state index in [9.17, 15) is 0 Å². The Bertz CT molecular complexity index is 546. The third-order valence-electron chi connectivity index (χ3n) is 2.90. The van der Waals surface area contributed by atoms with Crippen LogP contribution < -0.4 is 10.1 Å². The zero-order valence-electron chi connectivity index (χ0n) is 11.6. The Labute approximate surface area is 128 Å². The van der Waals surface area contributed by atoms with Gasteiger partial charge in [0.15, 0.2) is 0 Å². The van der Waals surface area contributed by atoms with Crippen LogP contribution in [0, 0.1) is 0 Å². The van der Waals surface area contributed by atoms with E-state index in [2.05, 4.69) is 45.3 Å². The van der Waals surface area contributed by atoms with Gasteiger partial charge >= 0.3 is 0 Å². The fourth-order valence-electron chi connectivity index (χ4n) is 1.87. The minimum Gasteiger partial charge on any atom is -0.487 e. The first kappa shape index (κ1) is 15.0. The highest BCUT2D eigenvalue weighted by Gasteiger charge is 2.04. The van der Waals surface area contributed by atoms with Gasteiger partial charge in [0, 0.05) is 22.8 Å². The van der Waals surface area contributed by atoms with Crippen molar-refractivity contribution >= 4 is 15.9 Å². The molecule has 0 aliphatic rings. The Morgan fingerprint density at radius 2 is 2.20 bits per heavy atom. The summed E-state index contributed by atoms with van der Waals surface area (Å²) in [5.41, 5.74) is 2.28. The van der Waals surface area contributed by atoms with Gasteiger partial charge in [-0.05, 0) is 36.7 Å². The van der Waals surface area contributed by atoms with Crippen LogP contribution in [0.1, 0.15) is 24.5 Å². The Hall–Kier alpha value is -1.39. The van der Waals surface area contributed by atoms with Gasteiger partial charge in [-0.2, -0.15) is 0 Å². The van der Waals surface area contributed by atoms with Crippen LogP contribution in [-0.4, -0.2) is 11.5 Å². The van der Waals surface area contributed by atoms with Crippen molar-refractivity contribution in [2.75, 3.05) is 6.54 Å². The highest BCUT2D eigenvalue weighted by atomic mass is 79.9. The molecule has 0 saturated heterocycles. The third-order valence-corrected chi connectivity index (χ3v) is 3.39. The molecule has 0 bridgehead atoms. The Balaban J connectivity index is 1.98. The van der Waals surface area contributed by atoms with Crippen molar-refractivity contribution in [1.82, 2.24) is 10.3 Å². The fraction of sp³-hybridized carbons (Fsp3) is 0.312. The highest BCUT2D eigenvalue weighted by Crippen LogP contribution is 2.19. The number of halogens is 1. The second-order valence-electron chi connectivity index (χ2n) is 4.58. The van der Waals surface area contributed by atoms with E-state index >= 15 is 0 Å². The summed E-state index contributed by atoms with van der Waals surface area (Å²) in [6, 6.07) is 10.1. The Morgan fingerprint density at radius 1 is 1.30 bits per heavy atom. The van der Waals surface area contributed by atoms with Gasteiger partial charge in [-0.1, -0.05) is 35.0 Å². The van der Waals surface area contributed by atoms with Crippen molar-refractivity contribution in [1.29, 1.82) is 0 Å². The number of benzene rings is 1. The lowest BCUT2D eigenvalue weighted by atomic mass is 10.2. The number of aromatic nitrogens is 1. The lowest BCUT2D eigenvalue weighted by Crippen LogP contribution is -2.14. The molecule has 0 saturated carbocycles. The molecule has 1 heterocycles. The number of hydrogen-bond donors (Lipinski definition) is 1. The maximum atomic E-state index is 5.89. The van der Waals surface area contributed by atoms with E-state index < -0.39 is 0 Å². The highest BCUT2D eigenvalue weighted by molar-refractivity contribution is 9.10. The molecule has 1 aromatic heterocycles. The van der Waals surface area contributed by atoms with Gasteiger partial charge in [0.05, 0.1) is 6.20 Å². The molecular weight excluding hydrogens is 316 g/mol. The number of nitrogens with zero attached hydrogens (tertiary/aromatic N) is 1. The lowest BCUT2D eigenvalue weighted by molar-refractivity contribution is 0.301. The van der Waals surface area contributed by atoms with Crippen LogP contribution in [0.4, 0.5) is 0 Å². The standard InChI is InChI=1S/C16H19BrN2O/c1-2-7-18-10-14-6-8-19-11-16(14)20-12-13-4-3-5-15(17)9-13/h3-6,8-9,11,18H,2,7,10,12H2,1H3. The zero-order chi connectivity index (χ0) is 14.2. The maximum absolute atomic E-state index is 5.89. The minimum atomic E-state index is 0.548. The topological polar surface area (TPSA) is 34.2 Å². The summed E-state index contributed by atoms with van der Waals surface area (Å²) in [5.74, 6) is 0.844. The Kier molecular flexibility index (Phi) is 6.02. The van der Waals surface area contributed by atoms with Crippen LogP contribution in [0.2, 0.25) is 0 Å². The van der Waals surface area contributed by atoms with E-state index in [-0.39, 0.29) is 0 Å². The molecule has 0 atom stereocenters. The van der Waals surface area contributed by atoms with E-state index in [0.717, 1.165) is 40.9 Å². The van der Waals surface area contributed by atoms with Gasteiger partial charge in [0.1, 0.15) is 12.4 Å². The molecule has 1 N–H and O–H groups in total. The normalized spacial score (nSPS) is 10.5. The molecule has 0 unspecified atom stereocenters. The molecule has 106 valence electrons. The van der Waals surface area contributed by atoms with E-state index in [1.54, 1.807) is 12.4 Å². The fourth-order valence-corrected chi connectivity index (χ4v) is 2.32. The predicted molar refractivity (Wildman–Crippen MR) is 84.7 cm³/mol. The number of nitrogens with one attached hydrogen (secondary N) is 1. The summed E-state index contributed by atoms with van der Waals surface area (Å²) < 4.78 is 6.95. The molecule has 0 aliphatic heterocycles. The second-order valence-corrected chi connectivity index (χ2v) is 5.49. The van der Waals surface area contributed by atoms with Crippen molar-refractivity contribution in [2.24, 2.45) is 0 Å². The van der Waals surface area contributed by atoms with Crippen LogP contribution in [-0.2, 0) is 13.2 Å². The van der Waals surface area contributed by atoms with Crippen LogP contribution >= 0.6 is 15.9 Å². The molecule has 0 fully saturated rings. The van der Waals surface area contributed by atoms with Gasteiger partial charge in [-0.3, -0.25) is 4.98 Å². The van der Waals surface area contributed by atoms with Gasteiger partial charge in [-0.15, -0.1) is 0 Å². The maximum Gasteiger partial charge on any atom is 0.142 e. The first-order valence-electron chi connectivity index (χ1n) is 6.80. The van der Waals surface area contributed by atoms with Crippen LogP contribution in [0.25, 0.3) is 0 Å². The summed E-state index contributed by atoms with van der Waals surface area (Å²) in [5, 5.41) is 3.38. The molecule has 2 aromatic rings. The molecule has 0 aliphatic carbocycles. The average Bonchev–Trinajstić information content (AvgIpc) is 2.47. The minimum absolute atomic E-state index is 0.548. The van der Waals surface area contributed by atoms with Gasteiger partial charge < -0.3 is 10.1 Å². The molecule has 20 heavy (non-hydrogen) atoms. The number of ether oxygens (including phenoxy) is 1. The van der Waals surface area contributed by atoms with Gasteiger partial charge in [0.2, 0.25) is 0 Å². The quantitative estimate of drug-likeness (QED) is 0.779. The van der Waals surface area contributed by atoms with Crippen LogP contribution in [0.5, 0.6) is 5.75 Å². The molecule has 0 spiro atoms. The van der Waals surface area contributed by atoms with E-state index in [1.165, 1.54) is 0 Å². The summed E-state index contributed by atoms with van der Waals surface area (Å²) in [6.07, 6.45) is 4.70. The zero-order valence-corrected chi connectivity index (χ0v) is 13.2. The number of pyridine rings is 1. The molecule has 4 heteroatoms. The summed E-state index contributed by atoms with van der Waals surface area (Å²) in [4.78, 5) is 4.14. The monoisotopic (exact) mass is 334 g/mol. The largest absolute Gasteiger partial charge is 0.487 e. The number of hydrogen-bond acceptors (Lipinski definition) is 3. The van der Waals surface area contributed by atoms with Gasteiger partial charge in [0.25, 0.3) is 0 Å². The number of rotatable bonds is 7. The summed E-state index contributed by atoms with van der Waals surface area (Å²) in [7, 11) is 0. The van der Waals surface area contributed by atoms with Crippen molar-refractivity contribution < 1.29 is 4.74 Å². The third kappa shape index (κ3) is 4.62. The summed E-state index contributed by atoms with van der Waals surface area (Å²) in [6.45, 7) is 4.52. The molecule has 3 nitrogen and oxygen atoms in total. The second kappa shape index (κ2) is 8.02. The molecule has 0 radical (unpaired) electrons. The van der Waals surface area contributed by atoms with E-state index in [1.807, 2.05) is 18.2 Å². The molecule has 1 aromatic carbocycles. The van der Waals surface area contributed by atoms with Crippen molar-refractivity contribution in [3.8, 4) is 5.75 Å². The van der Waals surface area contributed by atoms with E-state index in [4.69, 9.17) is 4.74 Å². The van der Waals surface area contributed by atoms with Crippen molar-refractivity contribution in [2.45, 2.75) is 26.5 Å². The van der Waals surface area contributed by atoms with Crippen molar-refractivity contribution in [3.63, 3.8) is 0 Å². The van der Waals surface area contributed by atoms with Crippen molar-refractivity contribution in [3.05, 3.63) is 58.3 Å². The van der Waals surface area contributed by atoms with E-state index in [0.29, 0.717) is 6.61 Å². The smallest absolute Gasteiger partial charge is 0.142 e. The van der Waals surface area contributed by atoms with Gasteiger partial charge in [-0.25, -0.2) is 0 Å². The first-order chi connectivity index (χ1) is 9.79. The first-order valence-corrected chi connectivity index (χ1v) is 7.59. The predicted octanol–water partition coefficient (Wildman–Crippen LogP) is 3.92.